The van der Waals surface area contributed by atoms with Gasteiger partial charge in [-0.3, -0.25) is 0 Å². The molecule has 4 heteroatoms. The van der Waals surface area contributed by atoms with Gasteiger partial charge in [0.1, 0.15) is 0 Å². The number of Topliss-reactive ketones (excluding diaryl/α,β-unsaturated/α-hetero) is 2. The van der Waals surface area contributed by atoms with Crippen molar-refractivity contribution in [1.29, 1.82) is 0 Å². The molecule has 0 atom stereocenters. The Morgan fingerprint density at radius 3 is 1.20 bits per heavy atom. The first-order chi connectivity index (χ1) is 9.56. The minimum atomic E-state index is -0.165. The van der Waals surface area contributed by atoms with Crippen LogP contribution in [-0.2, 0) is 0 Å². The molecule has 0 radical (unpaired) electrons. The van der Waals surface area contributed by atoms with E-state index in [1.807, 2.05) is 24.3 Å². The first-order valence-electron chi connectivity index (χ1n) is 6.13. The van der Waals surface area contributed by atoms with E-state index in [0.717, 1.165) is 11.1 Å². The molecule has 0 heterocycles. The molecule has 2 aromatic carbocycles. The molecule has 0 spiro atoms. The van der Waals surface area contributed by atoms with Crippen molar-refractivity contribution in [1.82, 2.24) is 0 Å². The fourth-order valence-corrected chi connectivity index (χ4v) is 11.5. The Morgan fingerprint density at radius 1 is 0.650 bits per heavy atom. The van der Waals surface area contributed by atoms with Crippen molar-refractivity contribution < 1.29 is 9.59 Å². The van der Waals surface area contributed by atoms with Crippen molar-refractivity contribution in [2.75, 3.05) is 0 Å². The van der Waals surface area contributed by atoms with Gasteiger partial charge in [0, 0.05) is 0 Å². The van der Waals surface area contributed by atoms with E-state index in [1.54, 1.807) is 13.8 Å². The second-order valence-electron chi connectivity index (χ2n) is 4.33. The SMILES string of the molecule is CC(=O)c1ccc([Te][Te]c2ccc(C(C)=O)cc2)cc1. The van der Waals surface area contributed by atoms with E-state index < -0.39 is 0 Å². The molecule has 2 nitrogen and oxygen atoms in total. The number of carbonyl (C=O) groups is 2. The average molecular weight is 493 g/mol. The number of benzene rings is 2. The maximum absolute atomic E-state index is 11.2. The Bertz CT molecular complexity index is 558. The van der Waals surface area contributed by atoms with Crippen LogP contribution in [0.2, 0.25) is 0 Å². The van der Waals surface area contributed by atoms with Gasteiger partial charge in [-0.2, -0.15) is 0 Å². The molecule has 0 saturated carbocycles. The Kier molecular flexibility index (Phi) is 5.82. The first kappa shape index (κ1) is 15.7. The standard InChI is InChI=1S/C16H14O2Te2/c1-11(17)13-3-7-15(8-4-13)19-20-16-9-5-14(6-10-16)12(2)18/h3-10H,1-2H3. The summed E-state index contributed by atoms with van der Waals surface area (Å²) >= 11 is -0.329. The molecule has 0 fully saturated rings. The topological polar surface area (TPSA) is 34.1 Å². The summed E-state index contributed by atoms with van der Waals surface area (Å²) in [5.74, 6) is 0.238. The molecule has 0 unspecified atom stereocenters. The van der Waals surface area contributed by atoms with Crippen molar-refractivity contribution in [3.8, 4) is 0 Å². The fourth-order valence-electron chi connectivity index (χ4n) is 1.59. The molecule has 0 aliphatic rings. The zero-order valence-corrected chi connectivity index (χ0v) is 15.9. The van der Waals surface area contributed by atoms with Crippen molar-refractivity contribution >= 4 is 52.9 Å². The van der Waals surface area contributed by atoms with E-state index in [0.29, 0.717) is 0 Å². The van der Waals surface area contributed by atoms with Crippen LogP contribution in [-0.4, -0.2) is 45.7 Å². The van der Waals surface area contributed by atoms with Gasteiger partial charge >= 0.3 is 136 Å². The van der Waals surface area contributed by atoms with E-state index in [9.17, 15) is 9.59 Å². The van der Waals surface area contributed by atoms with E-state index >= 15 is 0 Å². The van der Waals surface area contributed by atoms with Crippen LogP contribution in [0.15, 0.2) is 48.5 Å². The zero-order valence-electron chi connectivity index (χ0n) is 11.3. The predicted molar refractivity (Wildman–Crippen MR) is 83.7 cm³/mol. The van der Waals surface area contributed by atoms with Crippen LogP contribution >= 0.6 is 0 Å². The van der Waals surface area contributed by atoms with Crippen LogP contribution in [0.3, 0.4) is 0 Å². The predicted octanol–water partition coefficient (Wildman–Crippen LogP) is 1.37. The van der Waals surface area contributed by atoms with Crippen molar-refractivity contribution in [3.63, 3.8) is 0 Å². The van der Waals surface area contributed by atoms with Gasteiger partial charge in [0.15, 0.2) is 0 Å². The second-order valence-corrected chi connectivity index (χ2v) is 14.4. The molecule has 0 N–H and O–H groups in total. The third-order valence-corrected chi connectivity index (χ3v) is 14.6. The van der Waals surface area contributed by atoms with E-state index in [2.05, 4.69) is 24.3 Å². The molecule has 0 aromatic heterocycles. The van der Waals surface area contributed by atoms with Gasteiger partial charge in [-0.05, 0) is 0 Å². The van der Waals surface area contributed by atoms with Gasteiger partial charge in [-0.1, -0.05) is 0 Å². The van der Waals surface area contributed by atoms with Crippen LogP contribution in [0.5, 0.6) is 0 Å². The number of hydrogen-bond acceptors (Lipinski definition) is 2. The van der Waals surface area contributed by atoms with Gasteiger partial charge in [-0.25, -0.2) is 0 Å². The summed E-state index contributed by atoms with van der Waals surface area (Å²) in [6.45, 7) is 3.19. The maximum atomic E-state index is 11.2. The molecule has 0 bridgehead atoms. The fraction of sp³-hybridized carbons (Fsp3) is 0.125. The number of hydrogen-bond donors (Lipinski definition) is 0. The Hall–Kier alpha value is -0.641. The Labute approximate surface area is 135 Å². The summed E-state index contributed by atoms with van der Waals surface area (Å²) in [7, 11) is 0. The van der Waals surface area contributed by atoms with Crippen LogP contribution in [0.4, 0.5) is 0 Å². The van der Waals surface area contributed by atoms with Gasteiger partial charge in [-0.15, -0.1) is 0 Å². The minimum absolute atomic E-state index is 0.119. The summed E-state index contributed by atoms with van der Waals surface area (Å²) in [5.41, 5.74) is 1.57. The quantitative estimate of drug-likeness (QED) is 0.466. The molecule has 0 saturated heterocycles. The van der Waals surface area contributed by atoms with Gasteiger partial charge < -0.3 is 0 Å². The monoisotopic (exact) mass is 498 g/mol. The Balaban J connectivity index is 1.97. The van der Waals surface area contributed by atoms with E-state index in [1.165, 1.54) is 7.22 Å². The van der Waals surface area contributed by atoms with Crippen LogP contribution in [0, 0.1) is 0 Å². The van der Waals surface area contributed by atoms with Crippen molar-refractivity contribution in [2.45, 2.75) is 13.8 Å². The van der Waals surface area contributed by atoms with Crippen LogP contribution in [0.1, 0.15) is 34.6 Å². The molecule has 0 aliphatic heterocycles. The normalized spacial score (nSPS) is 10.3. The number of carbonyl (C=O) groups excluding carboxylic acids is 2. The van der Waals surface area contributed by atoms with E-state index in [-0.39, 0.29) is 45.7 Å². The van der Waals surface area contributed by atoms with Gasteiger partial charge in [0.2, 0.25) is 0 Å². The number of rotatable bonds is 5. The third-order valence-electron chi connectivity index (χ3n) is 2.76. The van der Waals surface area contributed by atoms with Crippen LogP contribution in [0.25, 0.3) is 0 Å². The van der Waals surface area contributed by atoms with Gasteiger partial charge in [0.05, 0.1) is 0 Å². The van der Waals surface area contributed by atoms with Gasteiger partial charge in [0.25, 0.3) is 0 Å². The molecular formula is C16H14O2Te2. The number of ketones is 2. The molecule has 2 rings (SSSR count). The average Bonchev–Trinajstić information content (AvgIpc) is 2.46. The molecular weight excluding hydrogens is 479 g/mol. The third kappa shape index (κ3) is 4.44. The first-order valence-corrected chi connectivity index (χ1v) is 15.8. The van der Waals surface area contributed by atoms with Crippen molar-refractivity contribution in [3.05, 3.63) is 59.7 Å². The summed E-state index contributed by atoms with van der Waals surface area (Å²) in [4.78, 5) is 22.4. The molecule has 102 valence electrons. The molecule has 20 heavy (non-hydrogen) atoms. The van der Waals surface area contributed by atoms with Crippen LogP contribution < -0.4 is 7.22 Å². The zero-order chi connectivity index (χ0) is 14.5. The second kappa shape index (κ2) is 7.39. The molecule has 2 aromatic rings. The Morgan fingerprint density at radius 2 is 0.950 bits per heavy atom. The summed E-state index contributed by atoms with van der Waals surface area (Å²) < 4.78 is 2.80. The molecule has 0 aliphatic carbocycles. The van der Waals surface area contributed by atoms with Crippen molar-refractivity contribution in [2.24, 2.45) is 0 Å². The summed E-state index contributed by atoms with van der Waals surface area (Å²) in [6, 6.07) is 16.1. The van der Waals surface area contributed by atoms with E-state index in [4.69, 9.17) is 0 Å². The summed E-state index contributed by atoms with van der Waals surface area (Å²) in [5, 5.41) is 0. The molecule has 0 amide bonds. The summed E-state index contributed by atoms with van der Waals surface area (Å²) in [6.07, 6.45) is 0.